The highest BCUT2D eigenvalue weighted by atomic mass is 32.2. The van der Waals surface area contributed by atoms with Crippen LogP contribution in [0.1, 0.15) is 29.8 Å². The number of fused-ring (bicyclic) bond motifs is 1. The van der Waals surface area contributed by atoms with Crippen LogP contribution < -0.4 is 11.5 Å². The molecule has 1 aromatic rings. The van der Waals surface area contributed by atoms with Gasteiger partial charge in [-0.05, 0) is 38.0 Å². The van der Waals surface area contributed by atoms with E-state index in [9.17, 15) is 17.6 Å². The van der Waals surface area contributed by atoms with E-state index in [1.807, 2.05) is 0 Å². The van der Waals surface area contributed by atoms with Gasteiger partial charge in [-0.15, -0.1) is 0 Å². The van der Waals surface area contributed by atoms with Crippen molar-refractivity contribution in [2.24, 2.45) is 16.5 Å². The molecule has 0 aromatic heterocycles. The highest BCUT2D eigenvalue weighted by Crippen LogP contribution is 2.39. The number of benzene rings is 1. The van der Waals surface area contributed by atoms with Gasteiger partial charge in [0.1, 0.15) is 5.82 Å². The van der Waals surface area contributed by atoms with E-state index in [4.69, 9.17) is 11.5 Å². The van der Waals surface area contributed by atoms with E-state index in [1.165, 1.54) is 0 Å². The van der Waals surface area contributed by atoms with Gasteiger partial charge in [0.2, 0.25) is 0 Å². The molecule has 1 aliphatic heterocycles. The van der Waals surface area contributed by atoms with Gasteiger partial charge in [0.05, 0.1) is 15.2 Å². The average molecular weight is 299 g/mol. The largest absolute Gasteiger partial charge is 0.370 e. The van der Waals surface area contributed by atoms with Gasteiger partial charge in [0.15, 0.2) is 15.8 Å². The van der Waals surface area contributed by atoms with Gasteiger partial charge in [0, 0.05) is 0 Å². The van der Waals surface area contributed by atoms with Crippen molar-refractivity contribution in [3.05, 3.63) is 29.1 Å². The Bertz CT molecular complexity index is 735. The molecule has 0 unspecified atom stereocenters. The maximum Gasteiger partial charge on any atom is 0.283 e. The first-order chi connectivity index (χ1) is 9.06. The number of carbonyl (C=O) groups excluding carboxylic acids is 1. The lowest BCUT2D eigenvalue weighted by molar-refractivity contribution is 0.0998. The van der Waals surface area contributed by atoms with Crippen molar-refractivity contribution in [1.29, 1.82) is 0 Å². The van der Waals surface area contributed by atoms with Crippen molar-refractivity contribution in [3.63, 3.8) is 0 Å². The number of nitrogens with zero attached hydrogens (tertiary/aromatic N) is 1. The minimum absolute atomic E-state index is 0.0435. The molecule has 0 spiro atoms. The Kier molecular flexibility index (Phi) is 3.09. The van der Waals surface area contributed by atoms with Gasteiger partial charge >= 0.3 is 0 Å². The Labute approximate surface area is 115 Å². The summed E-state index contributed by atoms with van der Waals surface area (Å²) in [5.74, 6) is -2.37. The van der Waals surface area contributed by atoms with Crippen LogP contribution in [-0.2, 0) is 16.3 Å². The summed E-state index contributed by atoms with van der Waals surface area (Å²) in [6.07, 6.45) is 0.193. The van der Waals surface area contributed by atoms with E-state index in [0.29, 0.717) is 5.56 Å². The second kappa shape index (κ2) is 4.27. The van der Waals surface area contributed by atoms with E-state index in [1.54, 1.807) is 13.8 Å². The lowest BCUT2D eigenvalue weighted by Crippen LogP contribution is -2.27. The van der Waals surface area contributed by atoms with Gasteiger partial charge in [-0.1, -0.05) is 0 Å². The summed E-state index contributed by atoms with van der Waals surface area (Å²) >= 11 is 0. The Hall–Kier alpha value is -1.96. The molecule has 0 saturated heterocycles. The average Bonchev–Trinajstić information content (AvgIpc) is 2.42. The van der Waals surface area contributed by atoms with E-state index < -0.39 is 37.8 Å². The molecule has 1 aromatic carbocycles. The number of hydrogen-bond donors (Lipinski definition) is 2. The van der Waals surface area contributed by atoms with Crippen molar-refractivity contribution >= 4 is 21.7 Å². The van der Waals surface area contributed by atoms with Crippen LogP contribution in [0.4, 0.5) is 4.39 Å². The van der Waals surface area contributed by atoms with Crippen LogP contribution in [0, 0.1) is 5.82 Å². The topological polar surface area (TPSA) is 116 Å². The Morgan fingerprint density at radius 2 is 1.95 bits per heavy atom. The number of guanidine groups is 1. The number of sulfone groups is 1. The Morgan fingerprint density at radius 1 is 1.35 bits per heavy atom. The highest BCUT2D eigenvalue weighted by molar-refractivity contribution is 7.93. The number of hydrogen-bond acceptors (Lipinski definition) is 3. The van der Waals surface area contributed by atoms with E-state index >= 15 is 0 Å². The molecule has 0 bridgehead atoms. The zero-order valence-corrected chi connectivity index (χ0v) is 11.8. The molecular formula is C12H14FN3O3S. The number of halogens is 1. The molecular weight excluding hydrogens is 285 g/mol. The third-order valence-electron chi connectivity index (χ3n) is 3.24. The minimum atomic E-state index is -3.61. The standard InChI is InChI=1S/C12H14FN3O3S/c1-12(2)5-6-3-8(13)7(10(17)16-11(14)15)4-9(6)20(12,18)19/h3-4H,5H2,1-2H3,(H4,14,15,16,17). The Morgan fingerprint density at radius 3 is 2.50 bits per heavy atom. The number of rotatable bonds is 1. The van der Waals surface area contributed by atoms with Gasteiger partial charge in [-0.2, -0.15) is 4.99 Å². The highest BCUT2D eigenvalue weighted by Gasteiger charge is 2.44. The molecule has 1 amide bonds. The molecule has 0 saturated carbocycles. The van der Waals surface area contributed by atoms with Crippen LogP contribution in [0.3, 0.4) is 0 Å². The second-order valence-corrected chi connectivity index (χ2v) is 7.77. The lowest BCUT2D eigenvalue weighted by Gasteiger charge is -2.15. The summed E-state index contributed by atoms with van der Waals surface area (Å²) < 4.78 is 37.4. The predicted octanol–water partition coefficient (Wildman–Crippen LogP) is 0.348. The summed E-state index contributed by atoms with van der Waals surface area (Å²) in [6, 6.07) is 2.06. The maximum atomic E-state index is 13.9. The first-order valence-corrected chi connectivity index (χ1v) is 7.25. The molecule has 0 fully saturated rings. The Balaban J connectivity index is 2.65. The third-order valence-corrected chi connectivity index (χ3v) is 5.80. The molecule has 0 aliphatic carbocycles. The fraction of sp³-hybridized carbons (Fsp3) is 0.333. The van der Waals surface area contributed by atoms with Crippen molar-refractivity contribution in [3.8, 4) is 0 Å². The summed E-state index contributed by atoms with van der Waals surface area (Å²) in [7, 11) is -3.61. The molecule has 2 rings (SSSR count). The predicted molar refractivity (Wildman–Crippen MR) is 71.5 cm³/mol. The third kappa shape index (κ3) is 2.05. The van der Waals surface area contributed by atoms with E-state index in [0.717, 1.165) is 12.1 Å². The number of nitrogens with two attached hydrogens (primary N) is 2. The van der Waals surface area contributed by atoms with Crippen LogP contribution in [0.25, 0.3) is 0 Å². The first-order valence-electron chi connectivity index (χ1n) is 5.77. The van der Waals surface area contributed by atoms with Gasteiger partial charge in [0.25, 0.3) is 5.91 Å². The van der Waals surface area contributed by atoms with Crippen molar-refractivity contribution in [1.82, 2.24) is 0 Å². The summed E-state index contributed by atoms with van der Waals surface area (Å²) in [4.78, 5) is 14.8. The van der Waals surface area contributed by atoms with Crippen LogP contribution in [0.2, 0.25) is 0 Å². The van der Waals surface area contributed by atoms with Crippen LogP contribution in [-0.4, -0.2) is 25.0 Å². The summed E-state index contributed by atoms with van der Waals surface area (Å²) in [5.41, 5.74) is 10.0. The van der Waals surface area contributed by atoms with Crippen LogP contribution >= 0.6 is 0 Å². The molecule has 108 valence electrons. The number of aliphatic imine (C=N–C) groups is 1. The monoisotopic (exact) mass is 299 g/mol. The molecule has 8 heteroatoms. The quantitative estimate of drug-likeness (QED) is 0.441. The first kappa shape index (κ1) is 14.4. The van der Waals surface area contributed by atoms with Gasteiger partial charge in [-0.3, -0.25) is 4.79 Å². The lowest BCUT2D eigenvalue weighted by atomic mass is 10.0. The van der Waals surface area contributed by atoms with Crippen molar-refractivity contribution in [2.75, 3.05) is 0 Å². The minimum Gasteiger partial charge on any atom is -0.370 e. The molecule has 6 nitrogen and oxygen atoms in total. The molecule has 1 aliphatic rings. The van der Waals surface area contributed by atoms with E-state index in [-0.39, 0.29) is 11.3 Å². The smallest absolute Gasteiger partial charge is 0.283 e. The fourth-order valence-electron chi connectivity index (χ4n) is 2.18. The van der Waals surface area contributed by atoms with Crippen molar-refractivity contribution < 1.29 is 17.6 Å². The zero-order valence-electron chi connectivity index (χ0n) is 11.0. The van der Waals surface area contributed by atoms with Crippen LogP contribution in [0.15, 0.2) is 22.0 Å². The number of amides is 1. The zero-order chi connectivity index (χ0) is 15.3. The number of carbonyl (C=O) groups is 1. The summed E-state index contributed by atoms with van der Waals surface area (Å²) in [5, 5.41) is 0. The second-order valence-electron chi connectivity index (χ2n) is 5.22. The fourth-order valence-corrected chi connectivity index (χ4v) is 3.87. The SMILES string of the molecule is CC1(C)Cc2cc(F)c(C(=O)N=C(N)N)cc2S1(=O)=O. The van der Waals surface area contributed by atoms with Crippen molar-refractivity contribution in [2.45, 2.75) is 29.9 Å². The van der Waals surface area contributed by atoms with E-state index in [2.05, 4.69) is 4.99 Å². The maximum absolute atomic E-state index is 13.9. The molecule has 4 N–H and O–H groups in total. The van der Waals surface area contributed by atoms with Gasteiger partial charge < -0.3 is 11.5 Å². The van der Waals surface area contributed by atoms with Gasteiger partial charge in [-0.25, -0.2) is 12.8 Å². The summed E-state index contributed by atoms with van der Waals surface area (Å²) in [6.45, 7) is 3.11. The molecule has 0 radical (unpaired) electrons. The normalized spacial score (nSPS) is 18.4. The molecule has 1 heterocycles. The molecule has 20 heavy (non-hydrogen) atoms. The molecule has 0 atom stereocenters. The van der Waals surface area contributed by atoms with Crippen LogP contribution in [0.5, 0.6) is 0 Å².